The summed E-state index contributed by atoms with van der Waals surface area (Å²) in [7, 11) is 0. The summed E-state index contributed by atoms with van der Waals surface area (Å²) in [6, 6.07) is 12.2. The number of hydrogen-bond donors (Lipinski definition) is 1. The molecule has 0 saturated heterocycles. The maximum atomic E-state index is 13.7. The quantitative estimate of drug-likeness (QED) is 0.912. The Bertz CT molecular complexity index is 570. The fraction of sp³-hybridized carbons (Fsp3) is 0.200. The maximum absolute atomic E-state index is 13.7. The molecule has 0 aliphatic carbocycles. The highest BCUT2D eigenvalue weighted by atomic mass is 79.9. The molecule has 2 aromatic rings. The van der Waals surface area contributed by atoms with Gasteiger partial charge in [-0.2, -0.15) is 0 Å². The zero-order valence-electron chi connectivity index (χ0n) is 10.4. The van der Waals surface area contributed by atoms with E-state index in [1.54, 1.807) is 6.07 Å². The summed E-state index contributed by atoms with van der Waals surface area (Å²) in [6.45, 7) is 1.88. The van der Waals surface area contributed by atoms with Crippen molar-refractivity contribution in [2.75, 3.05) is 0 Å². The van der Waals surface area contributed by atoms with Gasteiger partial charge in [-0.05, 0) is 25.1 Å². The fourth-order valence-electron chi connectivity index (χ4n) is 1.71. The number of ether oxygens (including phenoxy) is 1. The smallest absolute Gasteiger partial charge is 0.132 e. The lowest BCUT2D eigenvalue weighted by atomic mass is 10.1. The second kappa shape index (κ2) is 6.17. The molecule has 0 saturated carbocycles. The number of halogens is 2. The van der Waals surface area contributed by atoms with Crippen LogP contribution in [0.4, 0.5) is 4.39 Å². The lowest BCUT2D eigenvalue weighted by molar-refractivity contribution is 0.194. The average Bonchev–Trinajstić information content (AvgIpc) is 2.37. The van der Waals surface area contributed by atoms with Crippen molar-refractivity contribution < 1.29 is 14.2 Å². The summed E-state index contributed by atoms with van der Waals surface area (Å²) in [6.07, 6.45) is -0.822. The monoisotopic (exact) mass is 324 g/mol. The van der Waals surface area contributed by atoms with E-state index < -0.39 is 11.9 Å². The Labute approximate surface area is 120 Å². The first-order valence-corrected chi connectivity index (χ1v) is 6.71. The first-order chi connectivity index (χ1) is 9.08. The van der Waals surface area contributed by atoms with Crippen LogP contribution in [0, 0.1) is 5.82 Å². The Kier molecular flexibility index (Phi) is 4.56. The van der Waals surface area contributed by atoms with Crippen molar-refractivity contribution >= 4 is 15.9 Å². The van der Waals surface area contributed by atoms with Gasteiger partial charge in [0.15, 0.2) is 0 Å². The average molecular weight is 325 g/mol. The highest BCUT2D eigenvalue weighted by molar-refractivity contribution is 9.10. The van der Waals surface area contributed by atoms with E-state index in [0.717, 1.165) is 10.0 Å². The third-order valence-corrected chi connectivity index (χ3v) is 3.55. The van der Waals surface area contributed by atoms with Gasteiger partial charge in [0.1, 0.15) is 18.2 Å². The maximum Gasteiger partial charge on any atom is 0.132 e. The van der Waals surface area contributed by atoms with Gasteiger partial charge in [-0.3, -0.25) is 0 Å². The van der Waals surface area contributed by atoms with Crippen LogP contribution >= 0.6 is 15.9 Å². The van der Waals surface area contributed by atoms with Crippen molar-refractivity contribution in [3.05, 3.63) is 63.9 Å². The van der Waals surface area contributed by atoms with Crippen LogP contribution < -0.4 is 4.74 Å². The van der Waals surface area contributed by atoms with Crippen molar-refractivity contribution in [1.82, 2.24) is 0 Å². The van der Waals surface area contributed by atoms with Gasteiger partial charge in [0.05, 0.1) is 6.10 Å². The van der Waals surface area contributed by atoms with Crippen LogP contribution in [-0.4, -0.2) is 5.11 Å². The van der Waals surface area contributed by atoms with Crippen LogP contribution in [0.1, 0.15) is 24.2 Å². The molecular formula is C15H14BrFO2. The van der Waals surface area contributed by atoms with Crippen molar-refractivity contribution in [2.24, 2.45) is 0 Å². The highest BCUT2D eigenvalue weighted by Gasteiger charge is 2.09. The van der Waals surface area contributed by atoms with E-state index in [0.29, 0.717) is 12.4 Å². The Morgan fingerprint density at radius 1 is 1.26 bits per heavy atom. The lowest BCUT2D eigenvalue weighted by Crippen LogP contribution is -1.99. The van der Waals surface area contributed by atoms with Crippen molar-refractivity contribution in [3.63, 3.8) is 0 Å². The van der Waals surface area contributed by atoms with Crippen molar-refractivity contribution in [1.29, 1.82) is 0 Å². The molecule has 0 amide bonds. The molecule has 2 aromatic carbocycles. The molecule has 0 fully saturated rings. The lowest BCUT2D eigenvalue weighted by Gasteiger charge is -2.10. The largest absolute Gasteiger partial charge is 0.489 e. The van der Waals surface area contributed by atoms with Gasteiger partial charge < -0.3 is 9.84 Å². The summed E-state index contributed by atoms with van der Waals surface area (Å²) in [5, 5.41) is 9.35. The molecule has 2 nitrogen and oxygen atoms in total. The van der Waals surface area contributed by atoms with Gasteiger partial charge in [-0.15, -0.1) is 0 Å². The van der Waals surface area contributed by atoms with Crippen LogP contribution in [0.15, 0.2) is 46.9 Å². The molecular weight excluding hydrogens is 311 g/mol. The van der Waals surface area contributed by atoms with Gasteiger partial charge in [0.2, 0.25) is 0 Å². The van der Waals surface area contributed by atoms with Crippen LogP contribution in [0.2, 0.25) is 0 Å². The second-order valence-corrected chi connectivity index (χ2v) is 5.09. The minimum absolute atomic E-state index is 0.272. The van der Waals surface area contributed by atoms with E-state index in [9.17, 15) is 9.50 Å². The Morgan fingerprint density at radius 3 is 2.63 bits per heavy atom. The van der Waals surface area contributed by atoms with Gasteiger partial charge >= 0.3 is 0 Å². The summed E-state index contributed by atoms with van der Waals surface area (Å²) >= 11 is 3.43. The SMILES string of the molecule is C[C@H](O)c1ccc(OCc2ccccc2Br)cc1F. The van der Waals surface area contributed by atoms with E-state index in [1.165, 1.54) is 19.1 Å². The van der Waals surface area contributed by atoms with Crippen LogP contribution in [0.3, 0.4) is 0 Å². The van der Waals surface area contributed by atoms with E-state index in [1.807, 2.05) is 24.3 Å². The molecule has 0 aliphatic heterocycles. The topological polar surface area (TPSA) is 29.5 Å². The number of aliphatic hydroxyl groups excluding tert-OH is 1. The molecule has 0 unspecified atom stereocenters. The molecule has 0 bridgehead atoms. The molecule has 4 heteroatoms. The highest BCUT2D eigenvalue weighted by Crippen LogP contribution is 2.23. The van der Waals surface area contributed by atoms with Crippen molar-refractivity contribution in [2.45, 2.75) is 19.6 Å². The number of rotatable bonds is 4. The predicted molar refractivity (Wildman–Crippen MR) is 75.5 cm³/mol. The first-order valence-electron chi connectivity index (χ1n) is 5.91. The molecule has 1 atom stereocenters. The van der Waals surface area contributed by atoms with E-state index in [-0.39, 0.29) is 5.56 Å². The van der Waals surface area contributed by atoms with E-state index in [4.69, 9.17) is 4.74 Å². The molecule has 0 radical (unpaired) electrons. The Morgan fingerprint density at radius 2 is 2.00 bits per heavy atom. The standard InChI is InChI=1S/C15H14BrFO2/c1-10(18)13-7-6-12(8-15(13)17)19-9-11-4-2-3-5-14(11)16/h2-8,10,18H,9H2,1H3/t10-/m0/s1. The van der Waals surface area contributed by atoms with Gasteiger partial charge in [-0.1, -0.05) is 34.1 Å². The number of hydrogen-bond acceptors (Lipinski definition) is 2. The van der Waals surface area contributed by atoms with Crippen LogP contribution in [0.5, 0.6) is 5.75 Å². The molecule has 2 rings (SSSR count). The number of benzene rings is 2. The minimum atomic E-state index is -0.822. The van der Waals surface area contributed by atoms with Crippen LogP contribution in [-0.2, 0) is 6.61 Å². The molecule has 0 heterocycles. The Hall–Kier alpha value is -1.39. The van der Waals surface area contributed by atoms with Gasteiger partial charge in [0, 0.05) is 21.7 Å². The summed E-state index contributed by atoms with van der Waals surface area (Å²) in [4.78, 5) is 0. The zero-order chi connectivity index (χ0) is 13.8. The molecule has 1 N–H and O–H groups in total. The predicted octanol–water partition coefficient (Wildman–Crippen LogP) is 4.22. The zero-order valence-corrected chi connectivity index (χ0v) is 12.0. The number of aliphatic hydroxyl groups is 1. The normalized spacial score (nSPS) is 12.2. The van der Waals surface area contributed by atoms with Crippen molar-refractivity contribution in [3.8, 4) is 5.75 Å². The van der Waals surface area contributed by atoms with E-state index >= 15 is 0 Å². The minimum Gasteiger partial charge on any atom is -0.489 e. The van der Waals surface area contributed by atoms with Gasteiger partial charge in [0.25, 0.3) is 0 Å². The fourth-order valence-corrected chi connectivity index (χ4v) is 2.11. The molecule has 0 aliphatic rings. The third kappa shape index (κ3) is 3.55. The first kappa shape index (κ1) is 14.0. The molecule has 19 heavy (non-hydrogen) atoms. The van der Waals surface area contributed by atoms with Crippen LogP contribution in [0.25, 0.3) is 0 Å². The second-order valence-electron chi connectivity index (χ2n) is 4.24. The van der Waals surface area contributed by atoms with Gasteiger partial charge in [-0.25, -0.2) is 4.39 Å². The summed E-state index contributed by atoms with van der Waals surface area (Å²) < 4.78 is 20.1. The molecule has 0 spiro atoms. The summed E-state index contributed by atoms with van der Waals surface area (Å²) in [5.41, 5.74) is 1.26. The Balaban J connectivity index is 2.08. The third-order valence-electron chi connectivity index (χ3n) is 2.77. The summed E-state index contributed by atoms with van der Waals surface area (Å²) in [5.74, 6) is -0.0164. The molecule has 0 aromatic heterocycles. The van der Waals surface area contributed by atoms with E-state index in [2.05, 4.69) is 15.9 Å². The molecule has 100 valence electrons.